The van der Waals surface area contributed by atoms with E-state index in [4.69, 9.17) is 4.98 Å². The number of rotatable bonds is 6. The molecule has 1 aromatic heterocycles. The summed E-state index contributed by atoms with van der Waals surface area (Å²) in [5.74, 6) is 0.538. The second-order valence-corrected chi connectivity index (χ2v) is 4.85. The van der Waals surface area contributed by atoms with Crippen molar-refractivity contribution in [1.82, 2.24) is 4.98 Å². The first-order valence-electron chi connectivity index (χ1n) is 6.67. The Morgan fingerprint density at radius 2 is 1.81 bits per heavy atom. The Morgan fingerprint density at radius 1 is 1.06 bits per heavy atom. The average Bonchev–Trinajstić information content (AvgIpc) is 2.27. The minimum Gasteiger partial charge on any atom is -0.257 e. The summed E-state index contributed by atoms with van der Waals surface area (Å²) < 4.78 is 0. The van der Waals surface area contributed by atoms with E-state index in [1.54, 1.807) is 0 Å². The van der Waals surface area contributed by atoms with Gasteiger partial charge in [-0.25, -0.2) is 0 Å². The number of aryl methyl sites for hydroxylation is 2. The fraction of sp³-hybridized carbons (Fsp3) is 0.667. The second-order valence-electron chi connectivity index (χ2n) is 4.85. The molecule has 1 aromatic rings. The molecule has 0 aliphatic heterocycles. The first-order valence-corrected chi connectivity index (χ1v) is 6.67. The van der Waals surface area contributed by atoms with Crippen LogP contribution >= 0.6 is 0 Å². The van der Waals surface area contributed by atoms with Crippen molar-refractivity contribution < 1.29 is 0 Å². The van der Waals surface area contributed by atoms with Gasteiger partial charge in [-0.1, -0.05) is 46.6 Å². The van der Waals surface area contributed by atoms with Gasteiger partial charge in [0.25, 0.3) is 0 Å². The third-order valence-corrected chi connectivity index (χ3v) is 2.97. The number of nitrogens with zero attached hydrogens (tertiary/aromatic N) is 1. The predicted octanol–water partition coefficient (Wildman–Crippen LogP) is 4.50. The Labute approximate surface area is 100 Å². The van der Waals surface area contributed by atoms with Gasteiger partial charge in [0.2, 0.25) is 0 Å². The normalized spacial score (nSPS) is 11.1. The number of pyridine rings is 1. The lowest BCUT2D eigenvalue weighted by Gasteiger charge is -2.12. The number of aromatic nitrogens is 1. The molecule has 0 N–H and O–H groups in total. The van der Waals surface area contributed by atoms with Crippen LogP contribution in [-0.4, -0.2) is 4.98 Å². The highest BCUT2D eigenvalue weighted by molar-refractivity contribution is 5.24. The van der Waals surface area contributed by atoms with Gasteiger partial charge in [0.05, 0.1) is 0 Å². The van der Waals surface area contributed by atoms with Gasteiger partial charge in [0, 0.05) is 11.4 Å². The van der Waals surface area contributed by atoms with Gasteiger partial charge in [-0.05, 0) is 36.8 Å². The molecule has 16 heavy (non-hydrogen) atoms. The van der Waals surface area contributed by atoms with Gasteiger partial charge in [0.1, 0.15) is 0 Å². The highest BCUT2D eigenvalue weighted by Gasteiger charge is 2.07. The molecule has 0 atom stereocenters. The lowest BCUT2D eigenvalue weighted by Crippen LogP contribution is -2.02. The molecule has 0 aliphatic rings. The molecule has 1 heterocycles. The van der Waals surface area contributed by atoms with E-state index >= 15 is 0 Å². The molecule has 0 bridgehead atoms. The van der Waals surface area contributed by atoms with Crippen molar-refractivity contribution in [3.8, 4) is 0 Å². The molecular weight excluding hydrogens is 194 g/mol. The van der Waals surface area contributed by atoms with Crippen LogP contribution in [0.4, 0.5) is 0 Å². The van der Waals surface area contributed by atoms with Crippen molar-refractivity contribution in [3.05, 3.63) is 29.1 Å². The first-order chi connectivity index (χ1) is 7.69. The zero-order valence-corrected chi connectivity index (χ0v) is 11.2. The average molecular weight is 219 g/mol. The molecule has 0 aliphatic carbocycles. The van der Waals surface area contributed by atoms with E-state index in [2.05, 4.69) is 39.8 Å². The van der Waals surface area contributed by atoms with E-state index in [9.17, 15) is 0 Å². The van der Waals surface area contributed by atoms with Crippen LogP contribution in [0.3, 0.4) is 0 Å². The molecule has 0 aromatic carbocycles. The van der Waals surface area contributed by atoms with Gasteiger partial charge in [0.15, 0.2) is 0 Å². The summed E-state index contributed by atoms with van der Waals surface area (Å²) in [6.07, 6.45) is 6.04. The van der Waals surface area contributed by atoms with E-state index in [0.29, 0.717) is 5.92 Å². The van der Waals surface area contributed by atoms with Crippen LogP contribution in [0.5, 0.6) is 0 Å². The van der Waals surface area contributed by atoms with Crippen molar-refractivity contribution in [2.24, 2.45) is 0 Å². The van der Waals surface area contributed by atoms with Crippen LogP contribution in [-0.2, 0) is 12.8 Å². The summed E-state index contributed by atoms with van der Waals surface area (Å²) in [7, 11) is 0. The van der Waals surface area contributed by atoms with Gasteiger partial charge < -0.3 is 0 Å². The molecule has 0 amide bonds. The van der Waals surface area contributed by atoms with Crippen molar-refractivity contribution in [3.63, 3.8) is 0 Å². The maximum Gasteiger partial charge on any atom is 0.0438 e. The summed E-state index contributed by atoms with van der Waals surface area (Å²) in [6.45, 7) is 8.90. The molecule has 0 saturated heterocycles. The molecule has 0 fully saturated rings. The minimum absolute atomic E-state index is 0.538. The standard InChI is InChI=1S/C15H25N/c1-5-7-9-13-10-11-14(12(3)4)16-15(13)8-6-2/h10-12H,5-9H2,1-4H3. The fourth-order valence-electron chi connectivity index (χ4n) is 1.92. The van der Waals surface area contributed by atoms with Crippen LogP contribution in [0.25, 0.3) is 0 Å². The Morgan fingerprint density at radius 3 is 2.38 bits per heavy atom. The summed E-state index contributed by atoms with van der Waals surface area (Å²) in [6, 6.07) is 4.50. The summed E-state index contributed by atoms with van der Waals surface area (Å²) in [5.41, 5.74) is 4.04. The Bertz CT molecular complexity index is 315. The SMILES string of the molecule is CCCCc1ccc(C(C)C)nc1CCC. The smallest absolute Gasteiger partial charge is 0.0438 e. The van der Waals surface area contributed by atoms with Crippen molar-refractivity contribution >= 4 is 0 Å². The Kier molecular flexibility index (Phi) is 5.51. The summed E-state index contributed by atoms with van der Waals surface area (Å²) >= 11 is 0. The zero-order valence-electron chi connectivity index (χ0n) is 11.2. The second kappa shape index (κ2) is 6.67. The zero-order chi connectivity index (χ0) is 12.0. The van der Waals surface area contributed by atoms with Crippen LogP contribution in [0.2, 0.25) is 0 Å². The molecule has 0 saturated carbocycles. The highest BCUT2D eigenvalue weighted by atomic mass is 14.7. The molecule has 1 nitrogen and oxygen atoms in total. The molecule has 90 valence electrons. The van der Waals surface area contributed by atoms with Crippen LogP contribution in [0.15, 0.2) is 12.1 Å². The minimum atomic E-state index is 0.538. The third-order valence-electron chi connectivity index (χ3n) is 2.97. The van der Waals surface area contributed by atoms with Crippen molar-refractivity contribution in [2.45, 2.75) is 65.7 Å². The molecule has 1 rings (SSSR count). The van der Waals surface area contributed by atoms with E-state index in [1.165, 1.54) is 42.6 Å². The molecule has 0 unspecified atom stereocenters. The van der Waals surface area contributed by atoms with E-state index in [1.807, 2.05) is 0 Å². The Balaban J connectivity index is 2.89. The van der Waals surface area contributed by atoms with E-state index < -0.39 is 0 Å². The topological polar surface area (TPSA) is 12.9 Å². The maximum absolute atomic E-state index is 4.81. The quantitative estimate of drug-likeness (QED) is 0.686. The van der Waals surface area contributed by atoms with Crippen molar-refractivity contribution in [1.29, 1.82) is 0 Å². The molecule has 0 spiro atoms. The monoisotopic (exact) mass is 219 g/mol. The predicted molar refractivity (Wildman–Crippen MR) is 70.9 cm³/mol. The van der Waals surface area contributed by atoms with Crippen LogP contribution in [0.1, 0.15) is 69.8 Å². The van der Waals surface area contributed by atoms with Gasteiger partial charge in [-0.15, -0.1) is 0 Å². The first kappa shape index (κ1) is 13.2. The number of unbranched alkanes of at least 4 members (excludes halogenated alkanes) is 1. The van der Waals surface area contributed by atoms with Gasteiger partial charge in [-0.2, -0.15) is 0 Å². The number of hydrogen-bond acceptors (Lipinski definition) is 1. The van der Waals surface area contributed by atoms with Gasteiger partial charge in [-0.3, -0.25) is 4.98 Å². The summed E-state index contributed by atoms with van der Waals surface area (Å²) in [4.78, 5) is 4.81. The summed E-state index contributed by atoms with van der Waals surface area (Å²) in [5, 5.41) is 0. The maximum atomic E-state index is 4.81. The third kappa shape index (κ3) is 3.62. The lowest BCUT2D eigenvalue weighted by atomic mass is 10.0. The largest absolute Gasteiger partial charge is 0.257 e. The van der Waals surface area contributed by atoms with E-state index in [0.717, 1.165) is 6.42 Å². The molecular formula is C15H25N. The lowest BCUT2D eigenvalue weighted by molar-refractivity contribution is 0.746. The highest BCUT2D eigenvalue weighted by Crippen LogP contribution is 2.18. The number of hydrogen-bond donors (Lipinski definition) is 0. The van der Waals surface area contributed by atoms with E-state index in [-0.39, 0.29) is 0 Å². The van der Waals surface area contributed by atoms with Crippen molar-refractivity contribution in [2.75, 3.05) is 0 Å². The van der Waals surface area contributed by atoms with Crippen LogP contribution < -0.4 is 0 Å². The van der Waals surface area contributed by atoms with Gasteiger partial charge >= 0.3 is 0 Å². The fourth-order valence-corrected chi connectivity index (χ4v) is 1.92. The molecule has 0 radical (unpaired) electrons. The molecule has 1 heteroatoms. The van der Waals surface area contributed by atoms with Crippen LogP contribution in [0, 0.1) is 0 Å². The Hall–Kier alpha value is -0.850.